The van der Waals surface area contributed by atoms with Gasteiger partial charge >= 0.3 is 5.97 Å². The molecule has 110 valence electrons. The highest BCUT2D eigenvalue weighted by Crippen LogP contribution is 2.26. The molecule has 0 atom stereocenters. The van der Waals surface area contributed by atoms with Gasteiger partial charge in [0.05, 0.1) is 10.6 Å². The number of carbonyl (C=O) groups excluding carboxylic acids is 1. The highest BCUT2D eigenvalue weighted by Gasteiger charge is 2.13. The van der Waals surface area contributed by atoms with Crippen LogP contribution in [-0.4, -0.2) is 23.5 Å². The number of aryl methyl sites for hydroxylation is 1. The quantitative estimate of drug-likeness (QED) is 0.886. The van der Waals surface area contributed by atoms with Gasteiger partial charge in [0, 0.05) is 6.54 Å². The number of carboxylic acids is 1. The number of carboxylic acid groups (broad SMARTS) is 1. The fraction of sp³-hybridized carbons (Fsp3) is 0.200. The van der Waals surface area contributed by atoms with E-state index in [0.717, 1.165) is 11.1 Å². The molecule has 2 aromatic rings. The maximum Gasteiger partial charge on any atom is 0.335 e. The summed E-state index contributed by atoms with van der Waals surface area (Å²) in [6.45, 7) is 2.33. The number of rotatable bonds is 5. The van der Waals surface area contributed by atoms with Gasteiger partial charge < -0.3 is 10.4 Å². The molecule has 0 aliphatic carbocycles. The maximum atomic E-state index is 11.9. The fourth-order valence-electron chi connectivity index (χ4n) is 1.80. The number of thiophene rings is 1. The first-order valence-corrected chi connectivity index (χ1v) is 7.59. The number of carbonyl (C=O) groups is 2. The standard InChI is InChI=1S/C15H14ClNO3S/c1-9-8-21-13(12(9)16)14(18)17-7-6-10-2-4-11(5-3-10)15(19)20/h2-5,8H,6-7H2,1H3,(H,17,18)(H,19,20). The molecule has 6 heteroatoms. The van der Waals surface area contributed by atoms with Crippen molar-refractivity contribution in [2.75, 3.05) is 6.54 Å². The molecule has 0 aliphatic heterocycles. The van der Waals surface area contributed by atoms with Crippen molar-refractivity contribution in [2.24, 2.45) is 0 Å². The summed E-state index contributed by atoms with van der Waals surface area (Å²) in [6, 6.07) is 6.60. The predicted molar refractivity (Wildman–Crippen MR) is 83.5 cm³/mol. The second-order valence-corrected chi connectivity index (χ2v) is 5.83. The van der Waals surface area contributed by atoms with Gasteiger partial charge in [0.25, 0.3) is 5.91 Å². The molecule has 4 nitrogen and oxygen atoms in total. The molecule has 2 N–H and O–H groups in total. The van der Waals surface area contributed by atoms with E-state index in [1.54, 1.807) is 24.3 Å². The number of nitrogens with one attached hydrogen (secondary N) is 1. The van der Waals surface area contributed by atoms with Crippen LogP contribution in [0.2, 0.25) is 5.02 Å². The van der Waals surface area contributed by atoms with Crippen molar-refractivity contribution in [2.45, 2.75) is 13.3 Å². The van der Waals surface area contributed by atoms with Gasteiger partial charge in [-0.25, -0.2) is 4.79 Å². The van der Waals surface area contributed by atoms with E-state index >= 15 is 0 Å². The summed E-state index contributed by atoms with van der Waals surface area (Å²) in [5.74, 6) is -1.13. The summed E-state index contributed by atoms with van der Waals surface area (Å²) in [5.41, 5.74) is 2.12. The van der Waals surface area contributed by atoms with Crippen molar-refractivity contribution < 1.29 is 14.7 Å². The summed E-state index contributed by atoms with van der Waals surface area (Å²) >= 11 is 7.37. The highest BCUT2D eigenvalue weighted by atomic mass is 35.5. The molecule has 0 saturated heterocycles. The van der Waals surface area contributed by atoms with Crippen molar-refractivity contribution in [1.29, 1.82) is 0 Å². The molecule has 1 aromatic carbocycles. The number of aromatic carboxylic acids is 1. The minimum atomic E-state index is -0.947. The molecule has 0 saturated carbocycles. The molecule has 0 radical (unpaired) electrons. The van der Waals surface area contributed by atoms with Crippen LogP contribution >= 0.6 is 22.9 Å². The Balaban J connectivity index is 1.88. The molecule has 0 fully saturated rings. The van der Waals surface area contributed by atoms with Crippen LogP contribution in [0.3, 0.4) is 0 Å². The first-order valence-electron chi connectivity index (χ1n) is 6.33. The lowest BCUT2D eigenvalue weighted by Crippen LogP contribution is -2.25. The lowest BCUT2D eigenvalue weighted by molar-refractivity contribution is 0.0696. The van der Waals surface area contributed by atoms with Crippen LogP contribution < -0.4 is 5.32 Å². The zero-order valence-electron chi connectivity index (χ0n) is 11.4. The average molecular weight is 324 g/mol. The molecule has 1 heterocycles. The Morgan fingerprint density at radius 1 is 1.29 bits per heavy atom. The summed E-state index contributed by atoms with van der Waals surface area (Å²) in [6.07, 6.45) is 0.633. The molecular formula is C15H14ClNO3S. The second-order valence-electron chi connectivity index (χ2n) is 4.57. The topological polar surface area (TPSA) is 66.4 Å². The zero-order chi connectivity index (χ0) is 15.4. The monoisotopic (exact) mass is 323 g/mol. The van der Waals surface area contributed by atoms with Crippen molar-refractivity contribution in [3.05, 3.63) is 56.2 Å². The van der Waals surface area contributed by atoms with E-state index in [9.17, 15) is 9.59 Å². The van der Waals surface area contributed by atoms with E-state index < -0.39 is 5.97 Å². The van der Waals surface area contributed by atoms with Crippen molar-refractivity contribution in [3.63, 3.8) is 0 Å². The van der Waals surface area contributed by atoms with E-state index in [-0.39, 0.29) is 11.5 Å². The van der Waals surface area contributed by atoms with Gasteiger partial charge in [0.2, 0.25) is 0 Å². The minimum absolute atomic E-state index is 0.180. The summed E-state index contributed by atoms with van der Waals surface area (Å²) in [5, 5.41) is 14.0. The van der Waals surface area contributed by atoms with Crippen molar-refractivity contribution in [3.8, 4) is 0 Å². The summed E-state index contributed by atoms with van der Waals surface area (Å²) < 4.78 is 0. The molecule has 1 aromatic heterocycles. The van der Waals surface area contributed by atoms with Gasteiger partial charge in [-0.15, -0.1) is 11.3 Å². The third-order valence-corrected chi connectivity index (χ3v) is 4.70. The molecule has 2 rings (SSSR count). The Hall–Kier alpha value is -1.85. The van der Waals surface area contributed by atoms with E-state index in [4.69, 9.17) is 16.7 Å². The van der Waals surface area contributed by atoms with E-state index in [1.807, 2.05) is 12.3 Å². The normalized spacial score (nSPS) is 10.4. The van der Waals surface area contributed by atoms with Crippen LogP contribution in [-0.2, 0) is 6.42 Å². The zero-order valence-corrected chi connectivity index (χ0v) is 12.9. The van der Waals surface area contributed by atoms with Crippen LogP contribution in [0.15, 0.2) is 29.6 Å². The summed E-state index contributed by atoms with van der Waals surface area (Å²) in [4.78, 5) is 23.2. The summed E-state index contributed by atoms with van der Waals surface area (Å²) in [7, 11) is 0. The number of benzene rings is 1. The molecule has 0 bridgehead atoms. The van der Waals surface area contributed by atoms with E-state index in [0.29, 0.717) is 22.9 Å². The lowest BCUT2D eigenvalue weighted by Gasteiger charge is -2.05. The molecule has 21 heavy (non-hydrogen) atoms. The van der Waals surface area contributed by atoms with Crippen LogP contribution in [0.4, 0.5) is 0 Å². The Morgan fingerprint density at radius 3 is 2.48 bits per heavy atom. The largest absolute Gasteiger partial charge is 0.478 e. The predicted octanol–water partition coefficient (Wildman–Crippen LogP) is 3.38. The van der Waals surface area contributed by atoms with Gasteiger partial charge in [-0.3, -0.25) is 4.79 Å². The lowest BCUT2D eigenvalue weighted by atomic mass is 10.1. The minimum Gasteiger partial charge on any atom is -0.478 e. The van der Waals surface area contributed by atoms with Gasteiger partial charge in [-0.1, -0.05) is 23.7 Å². The van der Waals surface area contributed by atoms with Crippen molar-refractivity contribution in [1.82, 2.24) is 5.32 Å². The molecule has 0 spiro atoms. The Kier molecular flexibility index (Phi) is 4.98. The molecule has 0 aliphatic rings. The van der Waals surface area contributed by atoms with Gasteiger partial charge in [-0.05, 0) is 42.0 Å². The van der Waals surface area contributed by atoms with Gasteiger partial charge in [0.15, 0.2) is 0 Å². The number of amides is 1. The smallest absolute Gasteiger partial charge is 0.335 e. The number of hydrogen-bond acceptors (Lipinski definition) is 3. The highest BCUT2D eigenvalue weighted by molar-refractivity contribution is 7.13. The third kappa shape index (κ3) is 3.83. The average Bonchev–Trinajstić information content (AvgIpc) is 2.79. The number of hydrogen-bond donors (Lipinski definition) is 2. The van der Waals surface area contributed by atoms with Gasteiger partial charge in [-0.2, -0.15) is 0 Å². The number of halogens is 1. The Morgan fingerprint density at radius 2 is 1.95 bits per heavy atom. The van der Waals surface area contributed by atoms with E-state index in [1.165, 1.54) is 11.3 Å². The van der Waals surface area contributed by atoms with Gasteiger partial charge in [0.1, 0.15) is 4.88 Å². The van der Waals surface area contributed by atoms with Crippen LogP contribution in [0.5, 0.6) is 0 Å². The first kappa shape index (κ1) is 15.5. The maximum absolute atomic E-state index is 11.9. The van der Waals surface area contributed by atoms with Crippen LogP contribution in [0.1, 0.15) is 31.2 Å². The third-order valence-electron chi connectivity index (χ3n) is 3.01. The Labute approximate surface area is 131 Å². The first-order chi connectivity index (χ1) is 9.99. The molecule has 1 amide bonds. The molecular weight excluding hydrogens is 310 g/mol. The van der Waals surface area contributed by atoms with Crippen LogP contribution in [0, 0.1) is 6.92 Å². The van der Waals surface area contributed by atoms with E-state index in [2.05, 4.69) is 5.32 Å². The van der Waals surface area contributed by atoms with Crippen LogP contribution in [0.25, 0.3) is 0 Å². The molecule has 0 unspecified atom stereocenters. The van der Waals surface area contributed by atoms with Crippen molar-refractivity contribution >= 4 is 34.8 Å². The SMILES string of the molecule is Cc1csc(C(=O)NCCc2ccc(C(=O)O)cc2)c1Cl. The second kappa shape index (κ2) is 6.74. The fourth-order valence-corrected chi connectivity index (χ4v) is 2.99. The Bertz CT molecular complexity index is 664.